The molecule has 1 fully saturated rings. The molecule has 0 spiro atoms. The van der Waals surface area contributed by atoms with Gasteiger partial charge >= 0.3 is 12.0 Å². The van der Waals surface area contributed by atoms with Crippen LogP contribution in [-0.2, 0) is 11.2 Å². The lowest BCUT2D eigenvalue weighted by Gasteiger charge is -2.19. The molecule has 0 aliphatic heterocycles. The second kappa shape index (κ2) is 6.61. The fraction of sp³-hybridized carbons (Fsp3) is 0.500. The first-order valence-corrected chi connectivity index (χ1v) is 7.41. The van der Waals surface area contributed by atoms with Crippen LogP contribution in [0.4, 0.5) is 10.5 Å². The number of benzene rings is 1. The third-order valence-corrected chi connectivity index (χ3v) is 4.13. The van der Waals surface area contributed by atoms with Gasteiger partial charge in [-0.1, -0.05) is 31.5 Å². The molecule has 1 saturated carbocycles. The van der Waals surface area contributed by atoms with E-state index in [9.17, 15) is 9.59 Å². The second-order valence-corrected chi connectivity index (χ2v) is 5.54. The topological polar surface area (TPSA) is 78.4 Å². The van der Waals surface area contributed by atoms with Crippen molar-refractivity contribution in [1.29, 1.82) is 0 Å². The number of carbonyl (C=O) groups excluding carboxylic acids is 1. The Balaban J connectivity index is 2.04. The van der Waals surface area contributed by atoms with E-state index in [0.717, 1.165) is 36.1 Å². The predicted octanol–water partition coefficient (Wildman–Crippen LogP) is 2.93. The van der Waals surface area contributed by atoms with Gasteiger partial charge in [-0.25, -0.2) is 4.79 Å². The molecule has 5 nitrogen and oxygen atoms in total. The molecule has 1 aromatic carbocycles. The first kappa shape index (κ1) is 15.4. The Hall–Kier alpha value is -2.04. The van der Waals surface area contributed by atoms with Crippen LogP contribution in [0.15, 0.2) is 18.2 Å². The van der Waals surface area contributed by atoms with E-state index in [1.807, 2.05) is 32.0 Å². The molecular weight excluding hydrogens is 268 g/mol. The van der Waals surface area contributed by atoms with Crippen LogP contribution in [0.25, 0.3) is 0 Å². The maximum Gasteiger partial charge on any atom is 0.319 e. The van der Waals surface area contributed by atoms with Gasteiger partial charge in [0, 0.05) is 11.7 Å². The molecule has 2 unspecified atom stereocenters. The number of nitrogens with one attached hydrogen (secondary N) is 2. The lowest BCUT2D eigenvalue weighted by atomic mass is 10.0. The van der Waals surface area contributed by atoms with Gasteiger partial charge in [0.15, 0.2) is 0 Å². The Labute approximate surface area is 124 Å². The molecule has 1 aliphatic carbocycles. The molecule has 0 aromatic heterocycles. The second-order valence-electron chi connectivity index (χ2n) is 5.54. The molecule has 2 atom stereocenters. The fourth-order valence-corrected chi connectivity index (χ4v) is 2.95. The summed E-state index contributed by atoms with van der Waals surface area (Å²) in [7, 11) is 0. The number of hydrogen-bond acceptors (Lipinski definition) is 2. The van der Waals surface area contributed by atoms with E-state index in [1.54, 1.807) is 0 Å². The molecule has 0 bridgehead atoms. The molecule has 0 radical (unpaired) electrons. The van der Waals surface area contributed by atoms with Gasteiger partial charge in [0.25, 0.3) is 0 Å². The van der Waals surface area contributed by atoms with Crippen molar-refractivity contribution in [2.75, 3.05) is 5.32 Å². The molecule has 1 aromatic rings. The molecule has 5 heteroatoms. The van der Waals surface area contributed by atoms with Crippen molar-refractivity contribution in [3.63, 3.8) is 0 Å². The highest BCUT2D eigenvalue weighted by Crippen LogP contribution is 2.26. The lowest BCUT2D eigenvalue weighted by molar-refractivity contribution is -0.142. The van der Waals surface area contributed by atoms with Crippen molar-refractivity contribution >= 4 is 17.7 Å². The van der Waals surface area contributed by atoms with Crippen LogP contribution in [0.1, 0.15) is 37.3 Å². The van der Waals surface area contributed by atoms with Crippen molar-refractivity contribution in [1.82, 2.24) is 5.32 Å². The highest BCUT2D eigenvalue weighted by atomic mass is 16.4. The Morgan fingerprint density at radius 3 is 2.76 bits per heavy atom. The van der Waals surface area contributed by atoms with Crippen LogP contribution in [-0.4, -0.2) is 23.1 Å². The monoisotopic (exact) mass is 290 g/mol. The molecule has 114 valence electrons. The van der Waals surface area contributed by atoms with Gasteiger partial charge in [0.05, 0.1) is 5.92 Å². The van der Waals surface area contributed by atoms with E-state index in [-0.39, 0.29) is 12.1 Å². The van der Waals surface area contributed by atoms with Crippen LogP contribution in [0.2, 0.25) is 0 Å². The number of carbonyl (C=O) groups is 2. The minimum absolute atomic E-state index is 0.281. The third kappa shape index (κ3) is 3.54. The molecule has 0 saturated heterocycles. The van der Waals surface area contributed by atoms with Gasteiger partial charge in [0.1, 0.15) is 0 Å². The van der Waals surface area contributed by atoms with Crippen molar-refractivity contribution in [2.45, 2.75) is 45.6 Å². The number of carboxylic acid groups (broad SMARTS) is 1. The maximum atomic E-state index is 12.1. The zero-order valence-electron chi connectivity index (χ0n) is 12.5. The zero-order chi connectivity index (χ0) is 15.4. The quantitative estimate of drug-likeness (QED) is 0.797. The van der Waals surface area contributed by atoms with Crippen molar-refractivity contribution < 1.29 is 14.7 Å². The first-order valence-electron chi connectivity index (χ1n) is 7.41. The summed E-state index contributed by atoms with van der Waals surface area (Å²) in [5.41, 5.74) is 2.90. The van der Waals surface area contributed by atoms with E-state index < -0.39 is 11.9 Å². The Bertz CT molecular complexity index is 542. The zero-order valence-corrected chi connectivity index (χ0v) is 12.5. The number of aryl methyl sites for hydroxylation is 2. The molecule has 2 amide bonds. The molecule has 1 aliphatic rings. The third-order valence-electron chi connectivity index (χ3n) is 4.13. The molecule has 2 rings (SSSR count). The van der Waals surface area contributed by atoms with Gasteiger partial charge in [-0.2, -0.15) is 0 Å². The number of para-hydroxylation sites is 1. The van der Waals surface area contributed by atoms with E-state index >= 15 is 0 Å². The molecule has 0 heterocycles. The minimum atomic E-state index is -0.831. The van der Waals surface area contributed by atoms with Crippen LogP contribution in [0.3, 0.4) is 0 Å². The standard InChI is InChI=1S/C16H22N2O3/c1-3-11-7-4-6-10(2)14(11)18-16(21)17-13-9-5-8-12(13)15(19)20/h4,6-7,12-13H,3,5,8-9H2,1-2H3,(H,19,20)(H2,17,18,21). The van der Waals surface area contributed by atoms with Gasteiger partial charge in [0.2, 0.25) is 0 Å². The van der Waals surface area contributed by atoms with Gasteiger partial charge < -0.3 is 15.7 Å². The normalized spacial score (nSPS) is 21.0. The number of rotatable bonds is 4. The largest absolute Gasteiger partial charge is 0.481 e. The molecular formula is C16H22N2O3. The average molecular weight is 290 g/mol. The van der Waals surface area contributed by atoms with Gasteiger partial charge in [-0.15, -0.1) is 0 Å². The summed E-state index contributed by atoms with van der Waals surface area (Å²) in [4.78, 5) is 23.3. The van der Waals surface area contributed by atoms with Crippen molar-refractivity contribution in [3.8, 4) is 0 Å². The summed E-state index contributed by atoms with van der Waals surface area (Å²) in [6.07, 6.45) is 3.02. The first-order chi connectivity index (χ1) is 10.0. The van der Waals surface area contributed by atoms with E-state index in [2.05, 4.69) is 10.6 Å². The smallest absolute Gasteiger partial charge is 0.319 e. The van der Waals surface area contributed by atoms with E-state index in [4.69, 9.17) is 5.11 Å². The van der Waals surface area contributed by atoms with E-state index in [0.29, 0.717) is 6.42 Å². The van der Waals surface area contributed by atoms with Crippen LogP contribution >= 0.6 is 0 Å². The predicted molar refractivity (Wildman–Crippen MR) is 81.5 cm³/mol. The Morgan fingerprint density at radius 1 is 1.33 bits per heavy atom. The summed E-state index contributed by atoms with van der Waals surface area (Å²) < 4.78 is 0. The van der Waals surface area contributed by atoms with Crippen molar-refractivity contribution in [2.24, 2.45) is 5.92 Å². The summed E-state index contributed by atoms with van der Waals surface area (Å²) in [5, 5.41) is 14.8. The number of aliphatic carboxylic acids is 1. The SMILES string of the molecule is CCc1cccc(C)c1NC(=O)NC1CCCC1C(=O)O. The summed E-state index contributed by atoms with van der Waals surface area (Å²) in [5.74, 6) is -1.30. The average Bonchev–Trinajstić information content (AvgIpc) is 2.89. The fourth-order valence-electron chi connectivity index (χ4n) is 2.95. The number of amides is 2. The minimum Gasteiger partial charge on any atom is -0.481 e. The van der Waals surface area contributed by atoms with Crippen LogP contribution in [0, 0.1) is 12.8 Å². The number of hydrogen-bond donors (Lipinski definition) is 3. The number of carboxylic acids is 1. The highest BCUT2D eigenvalue weighted by molar-refractivity contribution is 5.91. The molecule has 21 heavy (non-hydrogen) atoms. The lowest BCUT2D eigenvalue weighted by Crippen LogP contribution is -2.42. The summed E-state index contributed by atoms with van der Waals surface area (Å²) >= 11 is 0. The van der Waals surface area contributed by atoms with Crippen molar-refractivity contribution in [3.05, 3.63) is 29.3 Å². The van der Waals surface area contributed by atoms with Gasteiger partial charge in [-0.3, -0.25) is 4.79 Å². The maximum absolute atomic E-state index is 12.1. The van der Waals surface area contributed by atoms with Gasteiger partial charge in [-0.05, 0) is 37.3 Å². The molecule has 3 N–H and O–H groups in total. The number of urea groups is 1. The Kier molecular flexibility index (Phi) is 4.83. The number of anilines is 1. The van der Waals surface area contributed by atoms with E-state index in [1.165, 1.54) is 0 Å². The van der Waals surface area contributed by atoms with Crippen LogP contribution < -0.4 is 10.6 Å². The van der Waals surface area contributed by atoms with Crippen LogP contribution in [0.5, 0.6) is 0 Å². The highest BCUT2D eigenvalue weighted by Gasteiger charge is 2.33. The summed E-state index contributed by atoms with van der Waals surface area (Å²) in [6.45, 7) is 3.99. The Morgan fingerprint density at radius 2 is 2.10 bits per heavy atom. The summed E-state index contributed by atoms with van der Waals surface area (Å²) in [6, 6.07) is 5.30.